The number of rotatable bonds is 3. The highest BCUT2D eigenvalue weighted by Gasteiger charge is 2.19. The molecule has 19 heavy (non-hydrogen) atoms. The number of halogens is 1. The van der Waals surface area contributed by atoms with Crippen LogP contribution in [0.25, 0.3) is 0 Å². The predicted octanol–water partition coefficient (Wildman–Crippen LogP) is 3.38. The van der Waals surface area contributed by atoms with Gasteiger partial charge in [-0.2, -0.15) is 5.06 Å². The molecule has 0 heterocycles. The van der Waals surface area contributed by atoms with Crippen LogP contribution < -0.4 is 9.80 Å². The molecule has 0 atom stereocenters. The van der Waals surface area contributed by atoms with Crippen molar-refractivity contribution in [3.8, 4) is 5.75 Å². The summed E-state index contributed by atoms with van der Waals surface area (Å²) >= 11 is 5.82. The zero-order valence-electron chi connectivity index (χ0n) is 10.2. The van der Waals surface area contributed by atoms with Gasteiger partial charge in [0.05, 0.1) is 18.4 Å². The SMILES string of the molecule is COc1ccccc1C(=O)N(O)c1cccc(Cl)c1. The first kappa shape index (κ1) is 13.4. The van der Waals surface area contributed by atoms with Crippen LogP contribution in [0.3, 0.4) is 0 Å². The van der Waals surface area contributed by atoms with Crippen LogP contribution in [-0.2, 0) is 0 Å². The second kappa shape index (κ2) is 5.73. The average molecular weight is 278 g/mol. The molecule has 0 aliphatic heterocycles. The normalized spacial score (nSPS) is 10.1. The first-order valence-corrected chi connectivity index (χ1v) is 5.93. The average Bonchev–Trinajstić information content (AvgIpc) is 2.45. The van der Waals surface area contributed by atoms with E-state index in [0.717, 1.165) is 0 Å². The quantitative estimate of drug-likeness (QED) is 0.691. The number of para-hydroxylation sites is 1. The molecule has 0 aliphatic carbocycles. The molecule has 0 saturated carbocycles. The fraction of sp³-hybridized carbons (Fsp3) is 0.0714. The van der Waals surface area contributed by atoms with Crippen LogP contribution in [-0.4, -0.2) is 18.2 Å². The summed E-state index contributed by atoms with van der Waals surface area (Å²) in [6, 6.07) is 13.1. The zero-order valence-corrected chi connectivity index (χ0v) is 11.0. The largest absolute Gasteiger partial charge is 0.496 e. The number of methoxy groups -OCH3 is 1. The molecule has 0 fully saturated rings. The van der Waals surface area contributed by atoms with Crippen molar-refractivity contribution >= 4 is 23.2 Å². The Morgan fingerprint density at radius 3 is 2.63 bits per heavy atom. The molecule has 0 spiro atoms. The summed E-state index contributed by atoms with van der Waals surface area (Å²) in [6.45, 7) is 0. The van der Waals surface area contributed by atoms with E-state index in [1.165, 1.54) is 13.2 Å². The van der Waals surface area contributed by atoms with Gasteiger partial charge in [0.15, 0.2) is 0 Å². The third kappa shape index (κ3) is 2.86. The van der Waals surface area contributed by atoms with Crippen molar-refractivity contribution in [3.05, 3.63) is 59.1 Å². The van der Waals surface area contributed by atoms with Crippen LogP contribution in [0.4, 0.5) is 5.69 Å². The highest BCUT2D eigenvalue weighted by Crippen LogP contribution is 2.23. The molecule has 0 saturated heterocycles. The Labute approximate surface area is 115 Å². The van der Waals surface area contributed by atoms with E-state index in [-0.39, 0.29) is 5.56 Å². The van der Waals surface area contributed by atoms with Gasteiger partial charge in [-0.1, -0.05) is 29.8 Å². The van der Waals surface area contributed by atoms with Gasteiger partial charge in [0.1, 0.15) is 5.75 Å². The van der Waals surface area contributed by atoms with Crippen molar-refractivity contribution in [1.82, 2.24) is 0 Å². The first-order chi connectivity index (χ1) is 9.13. The molecule has 2 aromatic rings. The summed E-state index contributed by atoms with van der Waals surface area (Å²) in [4.78, 5) is 12.2. The van der Waals surface area contributed by atoms with E-state index < -0.39 is 5.91 Å². The van der Waals surface area contributed by atoms with E-state index in [9.17, 15) is 10.0 Å². The molecule has 2 aromatic carbocycles. The van der Waals surface area contributed by atoms with Crippen molar-refractivity contribution in [2.45, 2.75) is 0 Å². The van der Waals surface area contributed by atoms with Gasteiger partial charge in [-0.3, -0.25) is 10.0 Å². The van der Waals surface area contributed by atoms with E-state index in [1.807, 2.05) is 0 Å². The lowest BCUT2D eigenvalue weighted by Crippen LogP contribution is -2.27. The number of ether oxygens (including phenoxy) is 1. The Bertz CT molecular complexity index is 601. The van der Waals surface area contributed by atoms with Crippen LogP contribution in [0.5, 0.6) is 5.75 Å². The lowest BCUT2D eigenvalue weighted by molar-refractivity contribution is 0.0851. The Morgan fingerprint density at radius 1 is 1.21 bits per heavy atom. The second-order valence-electron chi connectivity index (χ2n) is 3.80. The number of carbonyl (C=O) groups excluding carboxylic acids is 1. The number of hydroxylamine groups is 1. The predicted molar refractivity (Wildman–Crippen MR) is 73.0 cm³/mol. The fourth-order valence-corrected chi connectivity index (χ4v) is 1.85. The molecule has 0 unspecified atom stereocenters. The van der Waals surface area contributed by atoms with Gasteiger partial charge in [-0.25, -0.2) is 0 Å². The minimum absolute atomic E-state index is 0.271. The summed E-state index contributed by atoms with van der Waals surface area (Å²) in [5.41, 5.74) is 0.566. The Morgan fingerprint density at radius 2 is 1.95 bits per heavy atom. The highest BCUT2D eigenvalue weighted by molar-refractivity contribution is 6.31. The van der Waals surface area contributed by atoms with Crippen molar-refractivity contribution < 1.29 is 14.7 Å². The van der Waals surface area contributed by atoms with Gasteiger partial charge in [-0.15, -0.1) is 0 Å². The minimum Gasteiger partial charge on any atom is -0.496 e. The molecule has 0 radical (unpaired) electrons. The number of benzene rings is 2. The van der Waals surface area contributed by atoms with Crippen LogP contribution in [0.15, 0.2) is 48.5 Å². The van der Waals surface area contributed by atoms with E-state index >= 15 is 0 Å². The van der Waals surface area contributed by atoms with Crippen LogP contribution in [0.1, 0.15) is 10.4 Å². The van der Waals surface area contributed by atoms with Gasteiger partial charge in [0, 0.05) is 5.02 Å². The van der Waals surface area contributed by atoms with Gasteiger partial charge in [-0.05, 0) is 30.3 Å². The summed E-state index contributed by atoms with van der Waals surface area (Å²) in [7, 11) is 1.47. The maximum absolute atomic E-state index is 12.2. The standard InChI is InChI=1S/C14H12ClNO3/c1-19-13-8-3-2-7-12(13)14(17)16(18)11-6-4-5-10(15)9-11/h2-9,18H,1H3. The molecular formula is C14H12ClNO3. The Kier molecular flexibility index (Phi) is 4.04. The molecule has 98 valence electrons. The first-order valence-electron chi connectivity index (χ1n) is 5.55. The third-order valence-corrected chi connectivity index (χ3v) is 2.82. The Balaban J connectivity index is 2.33. The van der Waals surface area contributed by atoms with Gasteiger partial charge in [0.2, 0.25) is 0 Å². The van der Waals surface area contributed by atoms with Crippen molar-refractivity contribution in [2.24, 2.45) is 0 Å². The van der Waals surface area contributed by atoms with Gasteiger partial charge in [0.25, 0.3) is 5.91 Å². The van der Waals surface area contributed by atoms with Gasteiger partial charge < -0.3 is 4.74 Å². The highest BCUT2D eigenvalue weighted by atomic mass is 35.5. The number of amides is 1. The molecule has 1 amide bonds. The van der Waals surface area contributed by atoms with Crippen LogP contribution in [0, 0.1) is 0 Å². The van der Waals surface area contributed by atoms with Crippen LogP contribution >= 0.6 is 11.6 Å². The molecule has 5 heteroatoms. The lowest BCUT2D eigenvalue weighted by Gasteiger charge is -2.16. The maximum atomic E-state index is 12.2. The molecule has 0 bridgehead atoms. The van der Waals surface area contributed by atoms with Gasteiger partial charge >= 0.3 is 0 Å². The molecule has 2 rings (SSSR count). The number of hydrogen-bond acceptors (Lipinski definition) is 3. The van der Waals surface area contributed by atoms with E-state index in [0.29, 0.717) is 21.5 Å². The number of carbonyl (C=O) groups is 1. The minimum atomic E-state index is -0.584. The number of hydrogen-bond donors (Lipinski definition) is 1. The number of nitrogens with zero attached hydrogens (tertiary/aromatic N) is 1. The fourth-order valence-electron chi connectivity index (χ4n) is 1.66. The molecule has 4 nitrogen and oxygen atoms in total. The van der Waals surface area contributed by atoms with Crippen molar-refractivity contribution in [3.63, 3.8) is 0 Å². The summed E-state index contributed by atoms with van der Waals surface area (Å²) in [5, 5.41) is 10.9. The second-order valence-corrected chi connectivity index (χ2v) is 4.23. The zero-order chi connectivity index (χ0) is 13.8. The summed E-state index contributed by atoms with van der Waals surface area (Å²) in [5.74, 6) is -0.187. The molecule has 0 aromatic heterocycles. The smallest absolute Gasteiger partial charge is 0.285 e. The third-order valence-electron chi connectivity index (χ3n) is 2.58. The monoisotopic (exact) mass is 277 g/mol. The number of anilines is 1. The molecular weight excluding hydrogens is 266 g/mol. The van der Waals surface area contributed by atoms with E-state index in [2.05, 4.69) is 0 Å². The van der Waals surface area contributed by atoms with Crippen LogP contribution in [0.2, 0.25) is 5.02 Å². The van der Waals surface area contributed by atoms with Crippen molar-refractivity contribution in [1.29, 1.82) is 0 Å². The summed E-state index contributed by atoms with van der Waals surface area (Å²) in [6.07, 6.45) is 0. The Hall–Kier alpha value is -2.04. The molecule has 0 aliphatic rings. The topological polar surface area (TPSA) is 49.8 Å². The van der Waals surface area contributed by atoms with E-state index in [1.54, 1.807) is 42.5 Å². The maximum Gasteiger partial charge on any atom is 0.285 e. The summed E-state index contributed by atoms with van der Waals surface area (Å²) < 4.78 is 5.09. The van der Waals surface area contributed by atoms with Crippen molar-refractivity contribution in [2.75, 3.05) is 12.2 Å². The lowest BCUT2D eigenvalue weighted by atomic mass is 10.2. The molecule has 1 N–H and O–H groups in total. The van der Waals surface area contributed by atoms with E-state index in [4.69, 9.17) is 16.3 Å².